The van der Waals surface area contributed by atoms with Crippen molar-refractivity contribution in [1.29, 1.82) is 0 Å². The fraction of sp³-hybridized carbons (Fsp3) is 0.919. The molecule has 30 heteroatoms. The van der Waals surface area contributed by atoms with Crippen molar-refractivity contribution in [1.82, 2.24) is 10.6 Å². The molecule has 0 radical (unpaired) electrons. The van der Waals surface area contributed by atoms with Crippen molar-refractivity contribution in [3.63, 3.8) is 0 Å². The molecule has 5 fully saturated rings. The molecule has 0 unspecified atom stereocenters. The van der Waals surface area contributed by atoms with Gasteiger partial charge in [-0.05, 0) is 6.92 Å². The minimum atomic E-state index is -3.20. The Morgan fingerprint density at radius 1 is 0.612 bits per heavy atom. The number of hydrogen-bond donors (Lipinski definition) is 18. The number of aliphatic carboxylic acids is 1. The lowest BCUT2D eigenvalue weighted by Gasteiger charge is -2.52. The van der Waals surface area contributed by atoms with Crippen molar-refractivity contribution >= 4 is 17.8 Å². The summed E-state index contributed by atoms with van der Waals surface area (Å²) in [5.74, 6) is -6.97. The summed E-state index contributed by atoms with van der Waals surface area (Å²) < 4.78 is 51.7. The van der Waals surface area contributed by atoms with Crippen molar-refractivity contribution in [3.8, 4) is 0 Å². The van der Waals surface area contributed by atoms with Gasteiger partial charge in [-0.15, -0.1) is 0 Å². The Morgan fingerprint density at radius 2 is 1.13 bits per heavy atom. The summed E-state index contributed by atoms with van der Waals surface area (Å²) in [6.45, 7) is -1.01. The summed E-state index contributed by atoms with van der Waals surface area (Å²) in [7, 11) is 0. The maximum atomic E-state index is 13.0. The maximum Gasteiger partial charge on any atom is 0.364 e. The van der Waals surface area contributed by atoms with Gasteiger partial charge in [-0.3, -0.25) is 9.59 Å². The quantitative estimate of drug-likeness (QED) is 0.0643. The second-order valence-corrected chi connectivity index (χ2v) is 16.8. The van der Waals surface area contributed by atoms with Gasteiger partial charge in [0.1, 0.15) is 110 Å². The predicted octanol–water partition coefficient (Wildman–Crippen LogP) is -11.4. The number of rotatable bonds is 17. The molecule has 5 aliphatic heterocycles. The molecule has 5 heterocycles. The van der Waals surface area contributed by atoms with Gasteiger partial charge in [0, 0.05) is 20.3 Å². The van der Waals surface area contributed by atoms with Crippen LogP contribution in [0, 0.1) is 0 Å². The van der Waals surface area contributed by atoms with E-state index in [0.717, 1.165) is 13.8 Å². The molecule has 0 bridgehead atoms. The van der Waals surface area contributed by atoms with Gasteiger partial charge >= 0.3 is 5.97 Å². The van der Waals surface area contributed by atoms with E-state index in [4.69, 9.17) is 42.6 Å². The van der Waals surface area contributed by atoms with Crippen molar-refractivity contribution in [2.75, 3.05) is 26.4 Å². The van der Waals surface area contributed by atoms with Crippen LogP contribution in [0.4, 0.5) is 0 Å². The summed E-state index contributed by atoms with van der Waals surface area (Å²) in [5, 5.41) is 175. The second-order valence-electron chi connectivity index (χ2n) is 16.8. The van der Waals surface area contributed by atoms with E-state index in [1.807, 2.05) is 0 Å². The van der Waals surface area contributed by atoms with Crippen LogP contribution >= 0.6 is 0 Å². The summed E-state index contributed by atoms with van der Waals surface area (Å²) in [6, 6.07) is -3.47. The highest BCUT2D eigenvalue weighted by atomic mass is 16.8. The van der Waals surface area contributed by atoms with E-state index in [2.05, 4.69) is 10.6 Å². The van der Waals surface area contributed by atoms with Crippen LogP contribution in [0.1, 0.15) is 27.2 Å². The van der Waals surface area contributed by atoms with Crippen LogP contribution in [0.15, 0.2) is 0 Å². The first-order chi connectivity index (χ1) is 31.4. The zero-order chi connectivity index (χ0) is 50.0. The summed E-state index contributed by atoms with van der Waals surface area (Å²) in [4.78, 5) is 37.9. The molecule has 5 rings (SSSR count). The standard InChI is InChI=1S/C37H62N2O28/c1-9-19(48)23(52)24(53)34(59-9)64-29-18(39-11(3)45)33(65-30-21(50)14(6-41)60-32(56)25(30)54)62-16(8-43)27(29)63-35-26(55)31(22(51)15(7-42)61-35)67-37(36(57)58)4-12(46)17(38-10(2)44)28(66-37)20(49)13(47)5-40/h9,12-35,40-43,46-56H,4-8H2,1-3H3,(H,38,44)(H,39,45)(H,57,58)/t9-,12-,13+,14+,15+,16+,17+,18+,19+,20+,21-,22-,23+,24-,25+,26+,27+,28+,29+,30-,31-,32+,33-,34-,35-,37-/m0/s1. The minimum Gasteiger partial charge on any atom is -0.477 e. The number of carbonyl (C=O) groups is 3. The summed E-state index contributed by atoms with van der Waals surface area (Å²) >= 11 is 0. The zero-order valence-corrected chi connectivity index (χ0v) is 36.0. The third kappa shape index (κ3) is 11.8. The Kier molecular flexibility index (Phi) is 19.1. The summed E-state index contributed by atoms with van der Waals surface area (Å²) in [5.41, 5.74) is 0. The van der Waals surface area contributed by atoms with Crippen LogP contribution in [-0.4, -0.2) is 285 Å². The predicted molar refractivity (Wildman–Crippen MR) is 206 cm³/mol. The van der Waals surface area contributed by atoms with Gasteiger partial charge in [-0.25, -0.2) is 4.79 Å². The molecule has 0 aromatic heterocycles. The highest BCUT2D eigenvalue weighted by Crippen LogP contribution is 2.40. The number of amides is 2. The molecule has 0 aromatic carbocycles. The number of carboxylic acid groups (broad SMARTS) is 1. The molecule has 0 saturated carbocycles. The Hall–Kier alpha value is -2.55. The Bertz CT molecular complexity index is 1640. The van der Waals surface area contributed by atoms with Crippen LogP contribution in [0.3, 0.4) is 0 Å². The minimum absolute atomic E-state index is 0.817. The van der Waals surface area contributed by atoms with Crippen LogP contribution in [0.5, 0.6) is 0 Å². The molecule has 5 aliphatic rings. The fourth-order valence-corrected chi connectivity index (χ4v) is 8.47. The number of nitrogens with one attached hydrogen (secondary N) is 2. The normalized spacial score (nSPS) is 47.1. The van der Waals surface area contributed by atoms with E-state index in [-0.39, 0.29) is 0 Å². The third-order valence-corrected chi connectivity index (χ3v) is 12.1. The molecule has 0 aromatic rings. The molecule has 30 nitrogen and oxygen atoms in total. The highest BCUT2D eigenvalue weighted by molar-refractivity contribution is 5.76. The van der Waals surface area contributed by atoms with Gasteiger partial charge in [0.25, 0.3) is 5.79 Å². The van der Waals surface area contributed by atoms with Gasteiger partial charge in [0.15, 0.2) is 25.2 Å². The lowest BCUT2D eigenvalue weighted by Crippen LogP contribution is -2.72. The molecule has 0 aliphatic carbocycles. The van der Waals surface area contributed by atoms with Gasteiger partial charge < -0.3 is 135 Å². The van der Waals surface area contributed by atoms with E-state index in [0.29, 0.717) is 0 Å². The average molecular weight is 983 g/mol. The van der Waals surface area contributed by atoms with Crippen molar-refractivity contribution in [3.05, 3.63) is 0 Å². The van der Waals surface area contributed by atoms with Crippen molar-refractivity contribution in [2.45, 2.75) is 186 Å². The lowest BCUT2D eigenvalue weighted by molar-refractivity contribution is -0.396. The molecular formula is C37H62N2O28. The maximum absolute atomic E-state index is 13.0. The zero-order valence-electron chi connectivity index (χ0n) is 36.0. The van der Waals surface area contributed by atoms with Crippen molar-refractivity contribution in [2.24, 2.45) is 0 Å². The number of hydrogen-bond acceptors (Lipinski definition) is 27. The molecule has 5 saturated heterocycles. The van der Waals surface area contributed by atoms with Crippen LogP contribution < -0.4 is 10.6 Å². The van der Waals surface area contributed by atoms with E-state index < -0.39 is 210 Å². The SMILES string of the molecule is CC(=O)N[C@H]1[C@H](O[C@@H]2[C@@H](O)[C@H](O)O[C@H](CO)[C@@H]2O)O[C@H](CO)[C@@H](O[C@@H]2O[C@H](CO)[C@H](O)[C@H](O[C@]3(C(=O)O)C[C@H](O)[C@@H](NC(C)=O)[C@H]([C@H](O)[C@H](O)CO)O3)[C@H]2O)[C@@H]1O[C@@H]1O[C@@H](C)[C@@H](O)[C@@H](O)[C@@H]1O. The van der Waals surface area contributed by atoms with Crippen LogP contribution in [0.25, 0.3) is 0 Å². The second kappa shape index (κ2) is 23.1. The number of aliphatic hydroxyl groups is 15. The van der Waals surface area contributed by atoms with Gasteiger partial charge in [-0.1, -0.05) is 0 Å². The van der Waals surface area contributed by atoms with Crippen LogP contribution in [0.2, 0.25) is 0 Å². The highest BCUT2D eigenvalue weighted by Gasteiger charge is 2.61. The van der Waals surface area contributed by atoms with Crippen LogP contribution in [-0.2, 0) is 57.0 Å². The number of ether oxygens (including phenoxy) is 9. The number of carbonyl (C=O) groups excluding carboxylic acids is 2. The monoisotopic (exact) mass is 982 g/mol. The lowest BCUT2D eigenvalue weighted by atomic mass is 9.88. The Labute approximate surface area is 379 Å². The van der Waals surface area contributed by atoms with Gasteiger partial charge in [0.2, 0.25) is 11.8 Å². The molecule has 67 heavy (non-hydrogen) atoms. The Balaban J connectivity index is 1.55. The van der Waals surface area contributed by atoms with Gasteiger partial charge in [0.05, 0.1) is 44.7 Å². The number of aliphatic hydroxyl groups excluding tert-OH is 15. The smallest absolute Gasteiger partial charge is 0.364 e. The van der Waals surface area contributed by atoms with E-state index in [1.165, 1.54) is 6.92 Å². The molecule has 0 spiro atoms. The summed E-state index contributed by atoms with van der Waals surface area (Å²) in [6.07, 6.45) is -46.7. The third-order valence-electron chi connectivity index (χ3n) is 12.1. The van der Waals surface area contributed by atoms with Gasteiger partial charge in [-0.2, -0.15) is 0 Å². The average Bonchev–Trinajstić information content (AvgIpc) is 3.28. The molecule has 18 N–H and O–H groups in total. The topological polar surface area (TPSA) is 482 Å². The fourth-order valence-electron chi connectivity index (χ4n) is 8.47. The Morgan fingerprint density at radius 3 is 1.70 bits per heavy atom. The first-order valence-electron chi connectivity index (χ1n) is 21.1. The van der Waals surface area contributed by atoms with E-state index in [9.17, 15) is 96.1 Å². The molecular weight excluding hydrogens is 920 g/mol. The number of carboxylic acids is 1. The van der Waals surface area contributed by atoms with E-state index in [1.54, 1.807) is 0 Å². The van der Waals surface area contributed by atoms with E-state index >= 15 is 0 Å². The molecule has 2 amide bonds. The first kappa shape index (κ1) is 55.4. The largest absolute Gasteiger partial charge is 0.477 e. The van der Waals surface area contributed by atoms with Crippen molar-refractivity contribution < 1.29 is 139 Å². The molecule has 388 valence electrons. The first-order valence-corrected chi connectivity index (χ1v) is 21.1. The molecule has 26 atom stereocenters.